The van der Waals surface area contributed by atoms with Crippen molar-refractivity contribution in [3.05, 3.63) is 102 Å². The zero-order valence-corrected chi connectivity index (χ0v) is 20.1. The van der Waals surface area contributed by atoms with E-state index in [9.17, 15) is 9.90 Å². The second-order valence-electron chi connectivity index (χ2n) is 9.16. The minimum atomic E-state index is -0.920. The van der Waals surface area contributed by atoms with E-state index >= 15 is 0 Å². The lowest BCUT2D eigenvalue weighted by atomic mass is 9.99. The van der Waals surface area contributed by atoms with Gasteiger partial charge in [0.2, 0.25) is 0 Å². The van der Waals surface area contributed by atoms with Crippen molar-refractivity contribution in [2.75, 3.05) is 18.0 Å². The van der Waals surface area contributed by atoms with Crippen molar-refractivity contribution in [1.82, 2.24) is 5.32 Å². The van der Waals surface area contributed by atoms with Gasteiger partial charge in [0.05, 0.1) is 17.8 Å². The highest BCUT2D eigenvalue weighted by Crippen LogP contribution is 2.40. The van der Waals surface area contributed by atoms with Gasteiger partial charge in [-0.05, 0) is 73.0 Å². The zero-order chi connectivity index (χ0) is 24.4. The number of aromatic carboxylic acids is 1. The number of carboxylic acids is 1. The van der Waals surface area contributed by atoms with Gasteiger partial charge in [-0.1, -0.05) is 60.7 Å². The Morgan fingerprint density at radius 3 is 2.66 bits per heavy atom. The molecule has 2 unspecified atom stereocenters. The van der Waals surface area contributed by atoms with Gasteiger partial charge in [-0.2, -0.15) is 0 Å². The van der Waals surface area contributed by atoms with Crippen LogP contribution >= 0.6 is 0 Å². The van der Waals surface area contributed by atoms with Gasteiger partial charge < -0.3 is 20.1 Å². The van der Waals surface area contributed by atoms with E-state index in [2.05, 4.69) is 59.6 Å². The molecule has 1 aliphatic rings. The number of fused-ring (bicyclic) bond motifs is 2. The number of carboxylic acid groups (broad SMARTS) is 1. The van der Waals surface area contributed by atoms with Crippen LogP contribution in [-0.4, -0.2) is 30.3 Å². The van der Waals surface area contributed by atoms with Crippen LogP contribution in [0.1, 0.15) is 40.9 Å². The Hall–Kier alpha value is -3.83. The first-order valence-corrected chi connectivity index (χ1v) is 12.1. The summed E-state index contributed by atoms with van der Waals surface area (Å²) >= 11 is 0. The van der Waals surface area contributed by atoms with Gasteiger partial charge >= 0.3 is 5.97 Å². The third kappa shape index (κ3) is 4.73. The van der Waals surface area contributed by atoms with Crippen molar-refractivity contribution in [1.29, 1.82) is 0 Å². The van der Waals surface area contributed by atoms with Gasteiger partial charge in [-0.15, -0.1) is 0 Å². The summed E-state index contributed by atoms with van der Waals surface area (Å²) in [7, 11) is 0. The van der Waals surface area contributed by atoms with E-state index in [1.165, 1.54) is 16.3 Å². The number of nitrogens with one attached hydrogen (secondary N) is 1. The lowest BCUT2D eigenvalue weighted by Crippen LogP contribution is -2.39. The first kappa shape index (κ1) is 22.9. The van der Waals surface area contributed by atoms with Crippen molar-refractivity contribution in [2.45, 2.75) is 32.4 Å². The molecule has 0 radical (unpaired) electrons. The highest BCUT2D eigenvalue weighted by molar-refractivity contribution is 5.90. The molecule has 0 aliphatic carbocycles. The highest BCUT2D eigenvalue weighted by atomic mass is 16.5. The van der Waals surface area contributed by atoms with E-state index in [0.717, 1.165) is 35.7 Å². The Kier molecular flexibility index (Phi) is 6.43. The predicted octanol–water partition coefficient (Wildman–Crippen LogP) is 6.49. The summed E-state index contributed by atoms with van der Waals surface area (Å²) in [6.45, 7) is 5.68. The minimum Gasteiger partial charge on any atom is -0.486 e. The molecule has 0 spiro atoms. The van der Waals surface area contributed by atoms with Crippen LogP contribution in [0.15, 0.2) is 84.9 Å². The quantitative estimate of drug-likeness (QED) is 0.326. The van der Waals surface area contributed by atoms with Crippen LogP contribution in [-0.2, 0) is 0 Å². The second-order valence-corrected chi connectivity index (χ2v) is 9.16. The molecule has 0 aromatic heterocycles. The van der Waals surface area contributed by atoms with Crippen LogP contribution in [0.25, 0.3) is 10.8 Å². The molecule has 2 N–H and O–H groups in total. The molecule has 1 aliphatic heterocycles. The molecule has 0 bridgehead atoms. The number of rotatable bonds is 7. The normalized spacial score (nSPS) is 15.9. The molecule has 1 heterocycles. The third-order valence-electron chi connectivity index (χ3n) is 6.79. The van der Waals surface area contributed by atoms with Crippen molar-refractivity contribution in [2.24, 2.45) is 0 Å². The number of nitrogens with zero attached hydrogens (tertiary/aromatic N) is 1. The zero-order valence-electron chi connectivity index (χ0n) is 20.1. The lowest BCUT2D eigenvalue weighted by molar-refractivity contribution is 0.0697. The molecule has 0 saturated heterocycles. The molecule has 2 atom stereocenters. The molecule has 35 heavy (non-hydrogen) atoms. The third-order valence-corrected chi connectivity index (χ3v) is 6.79. The average Bonchev–Trinajstić information content (AvgIpc) is 2.88. The Balaban J connectivity index is 1.33. The fourth-order valence-electron chi connectivity index (χ4n) is 4.91. The number of ether oxygens (including phenoxy) is 1. The van der Waals surface area contributed by atoms with Gasteiger partial charge in [-0.25, -0.2) is 4.79 Å². The van der Waals surface area contributed by atoms with E-state index in [-0.39, 0.29) is 17.7 Å². The maximum Gasteiger partial charge on any atom is 0.335 e. The summed E-state index contributed by atoms with van der Waals surface area (Å²) in [4.78, 5) is 13.8. The topological polar surface area (TPSA) is 61.8 Å². The van der Waals surface area contributed by atoms with Crippen molar-refractivity contribution < 1.29 is 14.6 Å². The largest absolute Gasteiger partial charge is 0.486 e. The van der Waals surface area contributed by atoms with Gasteiger partial charge in [0, 0.05) is 11.7 Å². The first-order valence-electron chi connectivity index (χ1n) is 12.1. The van der Waals surface area contributed by atoms with Crippen LogP contribution in [0.4, 0.5) is 11.4 Å². The van der Waals surface area contributed by atoms with E-state index in [0.29, 0.717) is 6.54 Å². The molecule has 5 nitrogen and oxygen atoms in total. The van der Waals surface area contributed by atoms with Gasteiger partial charge in [0.15, 0.2) is 0 Å². The Morgan fingerprint density at radius 1 is 1.03 bits per heavy atom. The molecule has 5 rings (SSSR count). The summed E-state index contributed by atoms with van der Waals surface area (Å²) in [6.07, 6.45) is 0.808. The summed E-state index contributed by atoms with van der Waals surface area (Å²) in [6, 6.07) is 28.4. The predicted molar refractivity (Wildman–Crippen MR) is 141 cm³/mol. The fraction of sp³-hybridized carbons (Fsp3) is 0.233. The number of carbonyl (C=O) groups is 1. The smallest absolute Gasteiger partial charge is 0.335 e. The summed E-state index contributed by atoms with van der Waals surface area (Å²) in [5, 5.41) is 15.7. The number of para-hydroxylation sites is 2. The van der Waals surface area contributed by atoms with Crippen LogP contribution in [0, 0.1) is 6.92 Å². The van der Waals surface area contributed by atoms with Crippen LogP contribution in [0.3, 0.4) is 0 Å². The Morgan fingerprint density at radius 2 is 1.80 bits per heavy atom. The SMILES string of the molecule is Cc1ccc(C(=O)O)cc1N1CC(CCNC(C)c2cccc3ccccc23)Oc2ccccc21. The van der Waals surface area contributed by atoms with Gasteiger partial charge in [-0.3, -0.25) is 0 Å². The fourth-order valence-corrected chi connectivity index (χ4v) is 4.91. The molecule has 4 aromatic rings. The van der Waals surface area contributed by atoms with Crippen molar-refractivity contribution in [3.63, 3.8) is 0 Å². The number of aryl methyl sites for hydroxylation is 1. The summed E-state index contributed by atoms with van der Waals surface area (Å²) in [5.41, 5.74) is 4.49. The van der Waals surface area contributed by atoms with E-state index in [1.807, 2.05) is 37.3 Å². The number of anilines is 2. The van der Waals surface area contributed by atoms with Crippen LogP contribution < -0.4 is 15.0 Å². The maximum absolute atomic E-state index is 11.6. The average molecular weight is 467 g/mol. The summed E-state index contributed by atoms with van der Waals surface area (Å²) < 4.78 is 6.36. The van der Waals surface area contributed by atoms with Crippen LogP contribution in [0.2, 0.25) is 0 Å². The first-order chi connectivity index (χ1) is 17.0. The number of hydrogen-bond donors (Lipinski definition) is 2. The molecule has 0 saturated carbocycles. The minimum absolute atomic E-state index is 0.0231. The maximum atomic E-state index is 11.6. The lowest BCUT2D eigenvalue weighted by Gasteiger charge is -2.37. The monoisotopic (exact) mass is 466 g/mol. The van der Waals surface area contributed by atoms with Crippen molar-refractivity contribution in [3.8, 4) is 5.75 Å². The van der Waals surface area contributed by atoms with Crippen molar-refractivity contribution >= 4 is 28.1 Å². The standard InChI is InChI=1S/C30H30N2O3/c1-20-14-15-23(30(33)34)18-28(20)32-19-24(35-29-13-6-5-12-27(29)32)16-17-31-21(2)25-11-7-9-22-8-3-4-10-26(22)25/h3-15,18,21,24,31H,16-17,19H2,1-2H3,(H,33,34). The van der Waals surface area contributed by atoms with Gasteiger partial charge in [0.1, 0.15) is 11.9 Å². The molecular weight excluding hydrogens is 436 g/mol. The Labute approximate surface area is 206 Å². The highest BCUT2D eigenvalue weighted by Gasteiger charge is 2.28. The molecule has 5 heteroatoms. The van der Waals surface area contributed by atoms with Crippen LogP contribution in [0.5, 0.6) is 5.75 Å². The van der Waals surface area contributed by atoms with E-state index < -0.39 is 5.97 Å². The van der Waals surface area contributed by atoms with E-state index in [1.54, 1.807) is 12.1 Å². The van der Waals surface area contributed by atoms with Gasteiger partial charge in [0.25, 0.3) is 0 Å². The molecular formula is C30H30N2O3. The summed E-state index contributed by atoms with van der Waals surface area (Å²) in [5.74, 6) is -0.0954. The number of benzene rings is 4. The Bertz CT molecular complexity index is 1360. The molecule has 0 fully saturated rings. The van der Waals surface area contributed by atoms with E-state index in [4.69, 9.17) is 4.74 Å². The molecule has 178 valence electrons. The number of hydrogen-bond acceptors (Lipinski definition) is 4. The molecule has 0 amide bonds. The molecule has 4 aromatic carbocycles. The second kappa shape index (κ2) is 9.80.